The van der Waals surface area contributed by atoms with Gasteiger partial charge in [-0.15, -0.1) is 0 Å². The van der Waals surface area contributed by atoms with Crippen molar-refractivity contribution in [3.63, 3.8) is 0 Å². The lowest BCUT2D eigenvalue weighted by Gasteiger charge is -2.07. The lowest BCUT2D eigenvalue weighted by Crippen LogP contribution is -2.14. The van der Waals surface area contributed by atoms with Crippen molar-refractivity contribution in [2.45, 2.75) is 19.4 Å². The molecule has 1 aromatic heterocycles. The van der Waals surface area contributed by atoms with Crippen LogP contribution in [0.3, 0.4) is 0 Å². The van der Waals surface area contributed by atoms with E-state index in [2.05, 4.69) is 10.4 Å². The van der Waals surface area contributed by atoms with E-state index < -0.39 is 0 Å². The number of nitrogens with two attached hydrogens (primary N) is 1. The van der Waals surface area contributed by atoms with E-state index in [1.165, 1.54) is 0 Å². The van der Waals surface area contributed by atoms with Gasteiger partial charge in [0, 0.05) is 36.6 Å². The molecule has 0 aliphatic rings. The fourth-order valence-corrected chi connectivity index (χ4v) is 1.94. The van der Waals surface area contributed by atoms with Gasteiger partial charge in [0.05, 0.1) is 0 Å². The first-order valence-corrected chi connectivity index (χ1v) is 6.73. The maximum atomic E-state index is 11.8. The molecule has 0 bridgehead atoms. The number of nitrogens with one attached hydrogen (secondary N) is 1. The van der Waals surface area contributed by atoms with Crippen molar-refractivity contribution in [1.82, 2.24) is 9.78 Å². The smallest absolute Gasteiger partial charge is 0.224 e. The maximum absolute atomic E-state index is 11.8. The van der Waals surface area contributed by atoms with Gasteiger partial charge in [0.1, 0.15) is 4.99 Å². The summed E-state index contributed by atoms with van der Waals surface area (Å²) < 4.78 is 1.81. The van der Waals surface area contributed by atoms with Gasteiger partial charge in [0.2, 0.25) is 5.91 Å². The number of anilines is 1. The van der Waals surface area contributed by atoms with Gasteiger partial charge in [-0.3, -0.25) is 9.48 Å². The normalized spacial score (nSPS) is 10.2. The standard InChI is InChI=1S/C14H16N4OS/c15-14(20)11-4-1-5-12(10-11)17-13(19)6-2-8-18-9-3-7-16-18/h1,3-5,7,9-10H,2,6,8H2,(H2,15,20)(H,17,19). The molecule has 0 aliphatic carbocycles. The summed E-state index contributed by atoms with van der Waals surface area (Å²) >= 11 is 4.91. The first-order valence-electron chi connectivity index (χ1n) is 6.32. The molecule has 0 fully saturated rings. The minimum absolute atomic E-state index is 0.0303. The van der Waals surface area contributed by atoms with Crippen molar-refractivity contribution < 1.29 is 4.79 Å². The van der Waals surface area contributed by atoms with Crippen molar-refractivity contribution >= 4 is 28.8 Å². The summed E-state index contributed by atoms with van der Waals surface area (Å²) in [4.78, 5) is 12.1. The zero-order valence-corrected chi connectivity index (χ0v) is 11.8. The van der Waals surface area contributed by atoms with Gasteiger partial charge in [0.15, 0.2) is 0 Å². The summed E-state index contributed by atoms with van der Waals surface area (Å²) in [5.41, 5.74) is 7.01. The second kappa shape index (κ2) is 6.81. The van der Waals surface area contributed by atoms with Crippen LogP contribution < -0.4 is 11.1 Å². The van der Waals surface area contributed by atoms with E-state index in [-0.39, 0.29) is 5.91 Å². The summed E-state index contributed by atoms with van der Waals surface area (Å²) in [6.45, 7) is 0.730. The summed E-state index contributed by atoms with van der Waals surface area (Å²) in [6.07, 6.45) is 4.78. The van der Waals surface area contributed by atoms with E-state index in [1.54, 1.807) is 16.9 Å². The second-order valence-electron chi connectivity index (χ2n) is 4.37. The van der Waals surface area contributed by atoms with Crippen LogP contribution in [0, 0.1) is 0 Å². The van der Waals surface area contributed by atoms with Crippen molar-refractivity contribution in [3.8, 4) is 0 Å². The Hall–Kier alpha value is -2.21. The molecule has 2 rings (SSSR count). The average molecular weight is 288 g/mol. The van der Waals surface area contributed by atoms with E-state index >= 15 is 0 Å². The first-order chi connectivity index (χ1) is 9.65. The molecule has 0 spiro atoms. The predicted octanol–water partition coefficient (Wildman–Crippen LogP) is 1.94. The number of carbonyl (C=O) groups is 1. The molecular weight excluding hydrogens is 272 g/mol. The molecule has 0 atom stereocenters. The van der Waals surface area contributed by atoms with Gasteiger partial charge in [-0.2, -0.15) is 5.10 Å². The van der Waals surface area contributed by atoms with Crippen molar-refractivity contribution in [2.75, 3.05) is 5.32 Å². The number of nitrogens with zero attached hydrogens (tertiary/aromatic N) is 2. The summed E-state index contributed by atoms with van der Waals surface area (Å²) in [6, 6.07) is 9.08. The van der Waals surface area contributed by atoms with E-state index in [0.717, 1.165) is 18.5 Å². The number of amides is 1. The predicted molar refractivity (Wildman–Crippen MR) is 82.4 cm³/mol. The molecule has 20 heavy (non-hydrogen) atoms. The molecular formula is C14H16N4OS. The Morgan fingerprint density at radius 3 is 2.95 bits per heavy atom. The molecule has 2 aromatic rings. The van der Waals surface area contributed by atoms with E-state index in [9.17, 15) is 4.79 Å². The third kappa shape index (κ3) is 4.17. The molecule has 0 saturated heterocycles. The van der Waals surface area contributed by atoms with Crippen LogP contribution in [-0.4, -0.2) is 20.7 Å². The van der Waals surface area contributed by atoms with Crippen molar-refractivity contribution in [2.24, 2.45) is 5.73 Å². The maximum Gasteiger partial charge on any atom is 0.224 e. The Bertz CT molecular complexity index is 595. The molecule has 1 aromatic carbocycles. The van der Waals surface area contributed by atoms with Crippen molar-refractivity contribution in [3.05, 3.63) is 48.3 Å². The number of rotatable bonds is 6. The molecule has 0 aliphatic heterocycles. The zero-order chi connectivity index (χ0) is 14.4. The fraction of sp³-hybridized carbons (Fsp3) is 0.214. The topological polar surface area (TPSA) is 72.9 Å². The number of hydrogen-bond donors (Lipinski definition) is 2. The van der Waals surface area contributed by atoms with Crippen LogP contribution in [0.25, 0.3) is 0 Å². The third-order valence-corrected chi connectivity index (χ3v) is 3.02. The van der Waals surface area contributed by atoms with E-state index in [0.29, 0.717) is 17.1 Å². The lowest BCUT2D eigenvalue weighted by molar-refractivity contribution is -0.116. The SMILES string of the molecule is NC(=S)c1cccc(NC(=O)CCCn2cccn2)c1. The van der Waals surface area contributed by atoms with Crippen molar-refractivity contribution in [1.29, 1.82) is 0 Å². The van der Waals surface area contributed by atoms with Crippen LogP contribution in [-0.2, 0) is 11.3 Å². The van der Waals surface area contributed by atoms with Gasteiger partial charge in [-0.1, -0.05) is 24.4 Å². The van der Waals surface area contributed by atoms with Crippen LogP contribution in [0.5, 0.6) is 0 Å². The number of aromatic nitrogens is 2. The quantitative estimate of drug-likeness (QED) is 0.797. The van der Waals surface area contributed by atoms with Crippen LogP contribution in [0.15, 0.2) is 42.7 Å². The fourth-order valence-electron chi connectivity index (χ4n) is 1.81. The highest BCUT2D eigenvalue weighted by molar-refractivity contribution is 7.80. The highest BCUT2D eigenvalue weighted by Crippen LogP contribution is 2.11. The summed E-state index contributed by atoms with van der Waals surface area (Å²) in [5.74, 6) is -0.0303. The van der Waals surface area contributed by atoms with E-state index in [4.69, 9.17) is 18.0 Å². The highest BCUT2D eigenvalue weighted by atomic mass is 32.1. The average Bonchev–Trinajstić information content (AvgIpc) is 2.92. The zero-order valence-electron chi connectivity index (χ0n) is 11.0. The van der Waals surface area contributed by atoms with Crippen LogP contribution in [0.1, 0.15) is 18.4 Å². The molecule has 6 heteroatoms. The molecule has 0 saturated carbocycles. The minimum Gasteiger partial charge on any atom is -0.389 e. The van der Waals surface area contributed by atoms with Crippen LogP contribution >= 0.6 is 12.2 Å². The largest absolute Gasteiger partial charge is 0.389 e. The number of thiocarbonyl (C=S) groups is 1. The molecule has 3 N–H and O–H groups in total. The van der Waals surface area contributed by atoms with Gasteiger partial charge < -0.3 is 11.1 Å². The molecule has 1 heterocycles. The third-order valence-electron chi connectivity index (χ3n) is 2.78. The molecule has 0 radical (unpaired) electrons. The summed E-state index contributed by atoms with van der Waals surface area (Å²) in [5, 5.41) is 6.92. The second-order valence-corrected chi connectivity index (χ2v) is 4.81. The number of benzene rings is 1. The molecule has 0 unspecified atom stereocenters. The van der Waals surface area contributed by atoms with Gasteiger partial charge in [-0.05, 0) is 24.6 Å². The monoisotopic (exact) mass is 288 g/mol. The summed E-state index contributed by atoms with van der Waals surface area (Å²) in [7, 11) is 0. The number of carbonyl (C=O) groups excluding carboxylic acids is 1. The number of hydrogen-bond acceptors (Lipinski definition) is 3. The molecule has 104 valence electrons. The Balaban J connectivity index is 1.82. The van der Waals surface area contributed by atoms with Gasteiger partial charge >= 0.3 is 0 Å². The first kappa shape index (κ1) is 14.2. The minimum atomic E-state index is -0.0303. The number of aryl methyl sites for hydroxylation is 1. The van der Waals surface area contributed by atoms with Crippen LogP contribution in [0.2, 0.25) is 0 Å². The van der Waals surface area contributed by atoms with Crippen LogP contribution in [0.4, 0.5) is 5.69 Å². The Morgan fingerprint density at radius 1 is 1.40 bits per heavy atom. The molecule has 5 nitrogen and oxygen atoms in total. The lowest BCUT2D eigenvalue weighted by atomic mass is 10.2. The highest BCUT2D eigenvalue weighted by Gasteiger charge is 2.04. The Kier molecular flexibility index (Phi) is 4.84. The van der Waals surface area contributed by atoms with Gasteiger partial charge in [-0.25, -0.2) is 0 Å². The Labute approximate surface area is 122 Å². The van der Waals surface area contributed by atoms with Gasteiger partial charge in [0.25, 0.3) is 0 Å². The van der Waals surface area contributed by atoms with E-state index in [1.807, 2.05) is 30.5 Å². The Morgan fingerprint density at radius 2 is 2.25 bits per heavy atom. The molecule has 1 amide bonds.